The van der Waals surface area contributed by atoms with Crippen LogP contribution in [0.15, 0.2) is 24.3 Å². The fourth-order valence-electron chi connectivity index (χ4n) is 3.79. The van der Waals surface area contributed by atoms with Crippen molar-refractivity contribution in [1.82, 2.24) is 10.6 Å². The molecule has 1 aromatic carbocycles. The van der Waals surface area contributed by atoms with E-state index in [0.717, 1.165) is 30.7 Å². The average molecular weight is 340 g/mol. The second-order valence-electron chi connectivity index (χ2n) is 6.93. The minimum absolute atomic E-state index is 0.0395. The molecule has 1 saturated heterocycles. The summed E-state index contributed by atoms with van der Waals surface area (Å²) in [6.07, 6.45) is 1.20. The number of fused-ring (bicyclic) bond motifs is 1. The Morgan fingerprint density at radius 3 is 2.58 bits per heavy atom. The Balaban J connectivity index is 1.44. The van der Waals surface area contributed by atoms with Crippen LogP contribution < -0.4 is 10.6 Å². The number of halogens is 3. The maximum Gasteiger partial charge on any atom is 0.416 e. The number of carbonyl (C=O) groups excluding carboxylic acids is 1. The van der Waals surface area contributed by atoms with Gasteiger partial charge in [-0.2, -0.15) is 13.2 Å². The van der Waals surface area contributed by atoms with Gasteiger partial charge < -0.3 is 10.6 Å². The van der Waals surface area contributed by atoms with Crippen LogP contribution in [0.1, 0.15) is 43.2 Å². The second-order valence-corrected chi connectivity index (χ2v) is 6.93. The van der Waals surface area contributed by atoms with Crippen molar-refractivity contribution in [3.63, 3.8) is 0 Å². The Bertz CT molecular complexity index is 585. The summed E-state index contributed by atoms with van der Waals surface area (Å²) in [5, 5.41) is 6.56. The predicted octanol–water partition coefficient (Wildman–Crippen LogP) is 3.29. The smallest absolute Gasteiger partial charge is 0.354 e. The standard InChI is InChI=1S/C18H23F3N2O/c19-18(20,21)15-6-3-13(4-7-15)5-8-16(24)22-12-17-10-9-14(17)2-1-11-23-17/h3-4,6-7,14,23H,1-2,5,8-12H2,(H,22,24)/t14-,17-/m1/s1. The highest BCUT2D eigenvalue weighted by Gasteiger charge is 2.47. The third-order valence-corrected chi connectivity index (χ3v) is 5.45. The molecule has 1 saturated carbocycles. The van der Waals surface area contributed by atoms with E-state index < -0.39 is 11.7 Å². The third kappa shape index (κ3) is 3.74. The number of aryl methyl sites for hydroxylation is 1. The first-order valence-corrected chi connectivity index (χ1v) is 8.57. The van der Waals surface area contributed by atoms with Crippen molar-refractivity contribution in [3.8, 4) is 0 Å². The van der Waals surface area contributed by atoms with E-state index >= 15 is 0 Å². The summed E-state index contributed by atoms with van der Waals surface area (Å²) in [6.45, 7) is 1.67. The first kappa shape index (κ1) is 17.3. The summed E-state index contributed by atoms with van der Waals surface area (Å²) in [6, 6.07) is 5.02. The van der Waals surface area contributed by atoms with Gasteiger partial charge in [-0.3, -0.25) is 4.79 Å². The average Bonchev–Trinajstić information content (AvgIpc) is 2.53. The highest BCUT2D eigenvalue weighted by atomic mass is 19.4. The fourth-order valence-corrected chi connectivity index (χ4v) is 3.79. The minimum Gasteiger partial charge on any atom is -0.354 e. The number of alkyl halides is 3. The molecule has 2 N–H and O–H groups in total. The van der Waals surface area contributed by atoms with E-state index in [1.54, 1.807) is 0 Å². The minimum atomic E-state index is -4.32. The van der Waals surface area contributed by atoms with E-state index in [9.17, 15) is 18.0 Å². The fraction of sp³-hybridized carbons (Fsp3) is 0.611. The molecule has 132 valence electrons. The van der Waals surface area contributed by atoms with Crippen LogP contribution in [0.3, 0.4) is 0 Å². The molecule has 3 rings (SSSR count). The molecular weight excluding hydrogens is 317 g/mol. The van der Waals surface area contributed by atoms with Crippen molar-refractivity contribution in [2.75, 3.05) is 13.1 Å². The molecule has 1 heterocycles. The van der Waals surface area contributed by atoms with Crippen molar-refractivity contribution in [3.05, 3.63) is 35.4 Å². The maximum absolute atomic E-state index is 12.5. The molecular formula is C18H23F3N2O. The van der Waals surface area contributed by atoms with Crippen molar-refractivity contribution < 1.29 is 18.0 Å². The number of hydrogen-bond acceptors (Lipinski definition) is 2. The molecule has 3 nitrogen and oxygen atoms in total. The third-order valence-electron chi connectivity index (χ3n) is 5.45. The molecule has 24 heavy (non-hydrogen) atoms. The Morgan fingerprint density at radius 2 is 2.00 bits per heavy atom. The van der Waals surface area contributed by atoms with Gasteiger partial charge in [0.1, 0.15) is 0 Å². The molecule has 0 unspecified atom stereocenters. The van der Waals surface area contributed by atoms with Crippen molar-refractivity contribution in [2.45, 2.75) is 50.2 Å². The molecule has 1 aromatic rings. The van der Waals surface area contributed by atoms with Gasteiger partial charge in [-0.05, 0) is 62.3 Å². The zero-order chi connectivity index (χ0) is 17.2. The van der Waals surface area contributed by atoms with E-state index in [2.05, 4.69) is 10.6 Å². The van der Waals surface area contributed by atoms with E-state index in [-0.39, 0.29) is 11.4 Å². The summed E-state index contributed by atoms with van der Waals surface area (Å²) in [5.41, 5.74) is 0.172. The summed E-state index contributed by atoms with van der Waals surface area (Å²) in [5.74, 6) is 0.628. The van der Waals surface area contributed by atoms with Gasteiger partial charge in [-0.15, -0.1) is 0 Å². The zero-order valence-corrected chi connectivity index (χ0v) is 13.6. The topological polar surface area (TPSA) is 41.1 Å². The lowest BCUT2D eigenvalue weighted by Gasteiger charge is -2.53. The van der Waals surface area contributed by atoms with Gasteiger partial charge in [0.25, 0.3) is 0 Å². The van der Waals surface area contributed by atoms with Crippen LogP contribution >= 0.6 is 0 Å². The Hall–Kier alpha value is -1.56. The maximum atomic E-state index is 12.5. The van der Waals surface area contributed by atoms with Gasteiger partial charge >= 0.3 is 6.18 Å². The molecule has 0 bridgehead atoms. The Kier molecular flexibility index (Phi) is 4.85. The van der Waals surface area contributed by atoms with Crippen LogP contribution in [-0.2, 0) is 17.4 Å². The van der Waals surface area contributed by atoms with E-state index in [1.165, 1.54) is 31.4 Å². The summed E-state index contributed by atoms with van der Waals surface area (Å²) >= 11 is 0. The molecule has 1 amide bonds. The first-order valence-electron chi connectivity index (χ1n) is 8.57. The van der Waals surface area contributed by atoms with Gasteiger partial charge in [0.2, 0.25) is 5.91 Å². The highest BCUT2D eigenvalue weighted by molar-refractivity contribution is 5.76. The first-order chi connectivity index (χ1) is 11.4. The molecule has 2 atom stereocenters. The lowest BCUT2D eigenvalue weighted by Crippen LogP contribution is -2.66. The van der Waals surface area contributed by atoms with Gasteiger partial charge in [-0.1, -0.05) is 12.1 Å². The molecule has 1 aliphatic heterocycles. The van der Waals surface area contributed by atoms with Crippen LogP contribution in [0, 0.1) is 5.92 Å². The summed E-state index contributed by atoms with van der Waals surface area (Å²) in [4.78, 5) is 12.0. The summed E-state index contributed by atoms with van der Waals surface area (Å²) < 4.78 is 37.5. The van der Waals surface area contributed by atoms with Crippen molar-refractivity contribution >= 4 is 5.91 Å². The van der Waals surface area contributed by atoms with E-state index in [4.69, 9.17) is 0 Å². The molecule has 0 radical (unpaired) electrons. The van der Waals surface area contributed by atoms with Crippen LogP contribution in [0.5, 0.6) is 0 Å². The molecule has 1 aliphatic carbocycles. The van der Waals surface area contributed by atoms with Crippen molar-refractivity contribution in [1.29, 1.82) is 0 Å². The molecule has 6 heteroatoms. The molecule has 0 spiro atoms. The number of amides is 1. The predicted molar refractivity (Wildman–Crippen MR) is 85.5 cm³/mol. The largest absolute Gasteiger partial charge is 0.416 e. The van der Waals surface area contributed by atoms with Crippen molar-refractivity contribution in [2.24, 2.45) is 5.92 Å². The molecule has 2 fully saturated rings. The normalized spacial score (nSPS) is 26.4. The van der Waals surface area contributed by atoms with Crippen LogP contribution in [0.4, 0.5) is 13.2 Å². The van der Waals surface area contributed by atoms with Gasteiger partial charge in [0.15, 0.2) is 0 Å². The number of hydrogen-bond donors (Lipinski definition) is 2. The number of rotatable bonds is 5. The molecule has 0 aromatic heterocycles. The Morgan fingerprint density at radius 1 is 1.25 bits per heavy atom. The monoisotopic (exact) mass is 340 g/mol. The zero-order valence-electron chi connectivity index (χ0n) is 13.6. The van der Waals surface area contributed by atoms with E-state index in [0.29, 0.717) is 25.3 Å². The lowest BCUT2D eigenvalue weighted by atomic mass is 9.63. The van der Waals surface area contributed by atoms with E-state index in [1.807, 2.05) is 0 Å². The van der Waals surface area contributed by atoms with Gasteiger partial charge in [0.05, 0.1) is 5.56 Å². The second kappa shape index (κ2) is 6.75. The number of benzene rings is 1. The number of carbonyl (C=O) groups is 1. The Labute approximate surface area is 140 Å². The number of piperidine rings is 1. The molecule has 2 aliphatic rings. The van der Waals surface area contributed by atoms with Gasteiger partial charge in [0, 0.05) is 18.5 Å². The highest BCUT2D eigenvalue weighted by Crippen LogP contribution is 2.43. The van der Waals surface area contributed by atoms with Crippen LogP contribution in [0.25, 0.3) is 0 Å². The lowest BCUT2D eigenvalue weighted by molar-refractivity contribution is -0.137. The quantitative estimate of drug-likeness (QED) is 0.864. The SMILES string of the molecule is O=C(CCc1ccc(C(F)(F)F)cc1)NC[C@]12CC[C@H]1CCCN2. The van der Waals surface area contributed by atoms with Crippen LogP contribution in [-0.4, -0.2) is 24.5 Å². The summed E-state index contributed by atoms with van der Waals surface area (Å²) in [7, 11) is 0. The van der Waals surface area contributed by atoms with Crippen LogP contribution in [0.2, 0.25) is 0 Å². The van der Waals surface area contributed by atoms with Gasteiger partial charge in [-0.25, -0.2) is 0 Å². The number of nitrogens with one attached hydrogen (secondary N) is 2.